The summed E-state index contributed by atoms with van der Waals surface area (Å²) >= 11 is 0. The van der Waals surface area contributed by atoms with E-state index in [4.69, 9.17) is 0 Å². The van der Waals surface area contributed by atoms with Crippen LogP contribution in [0, 0.1) is 0 Å². The van der Waals surface area contributed by atoms with Gasteiger partial charge in [0.1, 0.15) is 4.90 Å². The smallest absolute Gasteiger partial charge is 0.244 e. The quantitative estimate of drug-likeness (QED) is 0.818. The molecular weight excluding hydrogens is 312 g/mol. The van der Waals surface area contributed by atoms with Gasteiger partial charge in [0.05, 0.1) is 0 Å². The molecule has 0 bridgehead atoms. The van der Waals surface area contributed by atoms with E-state index in [1.165, 1.54) is 6.20 Å². The molecule has 0 amide bonds. The lowest BCUT2D eigenvalue weighted by Crippen LogP contribution is -2.49. The summed E-state index contributed by atoms with van der Waals surface area (Å²) in [6.45, 7) is 3.41. The number of piperazine rings is 1. The van der Waals surface area contributed by atoms with Crippen molar-refractivity contribution >= 4 is 10.0 Å². The molecule has 1 aliphatic rings. The Kier molecular flexibility index (Phi) is 5.00. The van der Waals surface area contributed by atoms with E-state index in [2.05, 4.69) is 14.9 Å². The fourth-order valence-electron chi connectivity index (χ4n) is 2.66. The van der Waals surface area contributed by atoms with Crippen LogP contribution in [0.15, 0.2) is 53.8 Å². The van der Waals surface area contributed by atoms with E-state index < -0.39 is 10.0 Å². The Hall–Kier alpha value is -1.83. The van der Waals surface area contributed by atoms with Crippen LogP contribution < -0.4 is 0 Å². The Morgan fingerprint density at radius 2 is 1.83 bits per heavy atom. The van der Waals surface area contributed by atoms with Crippen LogP contribution in [0.25, 0.3) is 0 Å². The molecule has 122 valence electrons. The number of sulfonamides is 1. The minimum absolute atomic E-state index is 0.266. The third-order valence-electron chi connectivity index (χ3n) is 4.01. The van der Waals surface area contributed by atoms with Gasteiger partial charge in [0, 0.05) is 63.4 Å². The zero-order valence-corrected chi connectivity index (χ0v) is 13.7. The Morgan fingerprint density at radius 1 is 1.00 bits per heavy atom. The van der Waals surface area contributed by atoms with Crippen LogP contribution in [-0.2, 0) is 16.4 Å². The van der Waals surface area contributed by atoms with Crippen LogP contribution in [-0.4, -0.2) is 60.3 Å². The van der Waals surface area contributed by atoms with Crippen LogP contribution >= 0.6 is 0 Å². The van der Waals surface area contributed by atoms with Crippen molar-refractivity contribution in [2.24, 2.45) is 0 Å². The van der Waals surface area contributed by atoms with Crippen LogP contribution in [0.2, 0.25) is 0 Å². The number of hydrogen-bond acceptors (Lipinski definition) is 5. The highest BCUT2D eigenvalue weighted by atomic mass is 32.2. The Labute approximate surface area is 136 Å². The molecule has 0 atom stereocenters. The average molecular weight is 332 g/mol. The molecule has 0 aliphatic carbocycles. The monoisotopic (exact) mass is 332 g/mol. The SMILES string of the molecule is O=S(=O)(c1cccnc1)N1CCN(CCc2ccccn2)CC1. The van der Waals surface area contributed by atoms with E-state index in [1.54, 1.807) is 28.8 Å². The summed E-state index contributed by atoms with van der Waals surface area (Å²) in [6, 6.07) is 9.15. The molecule has 0 unspecified atom stereocenters. The van der Waals surface area contributed by atoms with Crippen molar-refractivity contribution in [1.82, 2.24) is 19.2 Å². The third-order valence-corrected chi connectivity index (χ3v) is 5.90. The van der Waals surface area contributed by atoms with Gasteiger partial charge in [-0.25, -0.2) is 8.42 Å². The largest absolute Gasteiger partial charge is 0.300 e. The Morgan fingerprint density at radius 3 is 2.48 bits per heavy atom. The highest BCUT2D eigenvalue weighted by Crippen LogP contribution is 2.16. The predicted octanol–water partition coefficient (Wildman–Crippen LogP) is 1.03. The highest BCUT2D eigenvalue weighted by molar-refractivity contribution is 7.89. The van der Waals surface area contributed by atoms with Crippen molar-refractivity contribution < 1.29 is 8.42 Å². The Bertz CT molecular complexity index is 714. The Balaban J connectivity index is 1.54. The van der Waals surface area contributed by atoms with Crippen molar-refractivity contribution in [3.63, 3.8) is 0 Å². The van der Waals surface area contributed by atoms with Crippen molar-refractivity contribution in [2.75, 3.05) is 32.7 Å². The van der Waals surface area contributed by atoms with Gasteiger partial charge in [-0.1, -0.05) is 6.07 Å². The van der Waals surface area contributed by atoms with E-state index >= 15 is 0 Å². The first-order valence-corrected chi connectivity index (χ1v) is 9.13. The minimum Gasteiger partial charge on any atom is -0.300 e. The van der Waals surface area contributed by atoms with Gasteiger partial charge in [-0.15, -0.1) is 0 Å². The van der Waals surface area contributed by atoms with E-state index in [0.29, 0.717) is 13.1 Å². The molecule has 1 aliphatic heterocycles. The van der Waals surface area contributed by atoms with Crippen LogP contribution in [0.5, 0.6) is 0 Å². The molecule has 0 aromatic carbocycles. The van der Waals surface area contributed by atoms with E-state index in [0.717, 1.165) is 31.7 Å². The molecule has 7 heteroatoms. The number of hydrogen-bond donors (Lipinski definition) is 0. The van der Waals surface area contributed by atoms with Crippen LogP contribution in [0.4, 0.5) is 0 Å². The lowest BCUT2D eigenvalue weighted by atomic mass is 10.2. The zero-order valence-electron chi connectivity index (χ0n) is 12.9. The molecule has 0 spiro atoms. The van der Waals surface area contributed by atoms with E-state index in [9.17, 15) is 8.42 Å². The molecule has 6 nitrogen and oxygen atoms in total. The van der Waals surface area contributed by atoms with Gasteiger partial charge in [-0.05, 0) is 24.3 Å². The fraction of sp³-hybridized carbons (Fsp3) is 0.375. The predicted molar refractivity (Wildman–Crippen MR) is 87.4 cm³/mol. The van der Waals surface area contributed by atoms with Gasteiger partial charge < -0.3 is 4.90 Å². The second kappa shape index (κ2) is 7.16. The van der Waals surface area contributed by atoms with E-state index in [-0.39, 0.29) is 4.90 Å². The molecule has 1 fully saturated rings. The van der Waals surface area contributed by atoms with Crippen molar-refractivity contribution in [3.8, 4) is 0 Å². The summed E-state index contributed by atoms with van der Waals surface area (Å²) in [5.41, 5.74) is 1.07. The maximum absolute atomic E-state index is 12.5. The number of pyridine rings is 2. The fourth-order valence-corrected chi connectivity index (χ4v) is 4.05. The maximum Gasteiger partial charge on any atom is 0.244 e. The summed E-state index contributed by atoms with van der Waals surface area (Å²) in [7, 11) is -3.42. The highest BCUT2D eigenvalue weighted by Gasteiger charge is 2.28. The average Bonchev–Trinajstić information content (AvgIpc) is 2.62. The molecule has 1 saturated heterocycles. The molecule has 3 heterocycles. The number of aromatic nitrogens is 2. The summed E-state index contributed by atoms with van der Waals surface area (Å²) in [5.74, 6) is 0. The number of nitrogens with zero attached hydrogens (tertiary/aromatic N) is 4. The molecular formula is C16H20N4O2S. The van der Waals surface area contributed by atoms with Gasteiger partial charge in [-0.3, -0.25) is 9.97 Å². The molecule has 2 aromatic rings. The first kappa shape index (κ1) is 16.0. The first-order valence-electron chi connectivity index (χ1n) is 7.69. The molecule has 0 radical (unpaired) electrons. The van der Waals surface area contributed by atoms with Crippen molar-refractivity contribution in [2.45, 2.75) is 11.3 Å². The van der Waals surface area contributed by atoms with Gasteiger partial charge in [-0.2, -0.15) is 4.31 Å². The summed E-state index contributed by atoms with van der Waals surface area (Å²) in [4.78, 5) is 10.8. The second-order valence-corrected chi connectivity index (χ2v) is 7.44. The van der Waals surface area contributed by atoms with Gasteiger partial charge in [0.15, 0.2) is 0 Å². The summed E-state index contributed by atoms with van der Waals surface area (Å²) in [6.07, 6.45) is 5.67. The molecule has 2 aromatic heterocycles. The minimum atomic E-state index is -3.42. The molecule has 0 N–H and O–H groups in total. The van der Waals surface area contributed by atoms with Crippen LogP contribution in [0.3, 0.4) is 0 Å². The van der Waals surface area contributed by atoms with E-state index in [1.807, 2.05) is 18.2 Å². The number of rotatable bonds is 5. The van der Waals surface area contributed by atoms with Crippen LogP contribution in [0.1, 0.15) is 5.69 Å². The zero-order chi connectivity index (χ0) is 16.1. The third kappa shape index (κ3) is 3.93. The maximum atomic E-state index is 12.5. The van der Waals surface area contributed by atoms with Gasteiger partial charge >= 0.3 is 0 Å². The lowest BCUT2D eigenvalue weighted by molar-refractivity contribution is 0.190. The molecule has 23 heavy (non-hydrogen) atoms. The standard InChI is InChI=1S/C16H20N4O2S/c21-23(22,16-5-3-7-17-14-16)20-12-10-19(11-13-20)9-6-15-4-1-2-8-18-15/h1-5,7-8,14H,6,9-13H2. The van der Waals surface area contributed by atoms with Gasteiger partial charge in [0.2, 0.25) is 10.0 Å². The topological polar surface area (TPSA) is 66.4 Å². The van der Waals surface area contributed by atoms with Crippen molar-refractivity contribution in [1.29, 1.82) is 0 Å². The lowest BCUT2D eigenvalue weighted by Gasteiger charge is -2.33. The normalized spacial score (nSPS) is 17.2. The molecule has 3 rings (SSSR count). The molecule has 0 saturated carbocycles. The summed E-state index contributed by atoms with van der Waals surface area (Å²) < 4.78 is 26.6. The van der Waals surface area contributed by atoms with Gasteiger partial charge in [0.25, 0.3) is 0 Å². The second-order valence-electron chi connectivity index (χ2n) is 5.51. The summed E-state index contributed by atoms with van der Waals surface area (Å²) in [5, 5.41) is 0. The van der Waals surface area contributed by atoms with Crippen molar-refractivity contribution in [3.05, 3.63) is 54.6 Å². The first-order chi connectivity index (χ1) is 11.2.